The van der Waals surface area contributed by atoms with E-state index in [2.05, 4.69) is 20.1 Å². The number of anilines is 1. The average Bonchev–Trinajstić information content (AvgIpc) is 3.05. The summed E-state index contributed by atoms with van der Waals surface area (Å²) < 4.78 is 85.5. The number of piperidine rings is 1. The van der Waals surface area contributed by atoms with E-state index in [0.717, 1.165) is 12.1 Å². The van der Waals surface area contributed by atoms with E-state index in [4.69, 9.17) is 0 Å². The van der Waals surface area contributed by atoms with Crippen LogP contribution in [0.3, 0.4) is 0 Å². The van der Waals surface area contributed by atoms with Gasteiger partial charge >= 0.3 is 18.1 Å². The van der Waals surface area contributed by atoms with Gasteiger partial charge in [-0.25, -0.2) is 9.89 Å². The van der Waals surface area contributed by atoms with Gasteiger partial charge < -0.3 is 15.1 Å². The van der Waals surface area contributed by atoms with Gasteiger partial charge in [0.25, 0.3) is 0 Å². The standard InChI is InChI=1S/C16H16F6N4O2/c17-15(18,19)10-2-1-9(13-25-26-14(27)28-13)7-11(10)24-12(16(20,21)22)8-3-5-23-6-4-8/h1-2,7-8,12,23-24H,3-6H2,(H,26,27)/t12-/m0/s1. The maximum Gasteiger partial charge on any atom is 0.434 e. The summed E-state index contributed by atoms with van der Waals surface area (Å²) in [5.74, 6) is -2.14. The largest absolute Gasteiger partial charge is 0.434 e. The highest BCUT2D eigenvalue weighted by Gasteiger charge is 2.46. The molecule has 0 spiro atoms. The Hall–Kier alpha value is -2.50. The van der Waals surface area contributed by atoms with E-state index < -0.39 is 41.3 Å². The predicted molar refractivity (Wildman–Crippen MR) is 86.6 cm³/mol. The Balaban J connectivity index is 2.02. The van der Waals surface area contributed by atoms with Crippen LogP contribution in [0.5, 0.6) is 0 Å². The monoisotopic (exact) mass is 410 g/mol. The predicted octanol–water partition coefficient (Wildman–Crippen LogP) is 3.39. The minimum Gasteiger partial charge on any atom is -0.388 e. The van der Waals surface area contributed by atoms with E-state index in [-0.39, 0.29) is 24.3 Å². The lowest BCUT2D eigenvalue weighted by Gasteiger charge is -2.34. The van der Waals surface area contributed by atoms with Crippen LogP contribution in [0.4, 0.5) is 32.0 Å². The first-order valence-corrected chi connectivity index (χ1v) is 8.37. The van der Waals surface area contributed by atoms with Crippen molar-refractivity contribution in [3.05, 3.63) is 34.3 Å². The Labute approximate surface area is 154 Å². The average molecular weight is 410 g/mol. The molecule has 1 aromatic carbocycles. The molecule has 0 radical (unpaired) electrons. The number of benzene rings is 1. The second kappa shape index (κ2) is 7.49. The van der Waals surface area contributed by atoms with E-state index >= 15 is 0 Å². The summed E-state index contributed by atoms with van der Waals surface area (Å²) in [6, 6.07) is 0.293. The van der Waals surface area contributed by atoms with Gasteiger partial charge in [-0.3, -0.25) is 0 Å². The van der Waals surface area contributed by atoms with E-state index in [0.29, 0.717) is 19.2 Å². The molecule has 1 aliphatic heterocycles. The minimum absolute atomic E-state index is 0.0694. The molecule has 0 saturated carbocycles. The summed E-state index contributed by atoms with van der Waals surface area (Å²) in [6.45, 7) is 0.701. The van der Waals surface area contributed by atoms with E-state index in [1.54, 1.807) is 0 Å². The van der Waals surface area contributed by atoms with Crippen molar-refractivity contribution >= 4 is 5.69 Å². The summed E-state index contributed by atoms with van der Waals surface area (Å²) in [7, 11) is 0. The molecule has 6 nitrogen and oxygen atoms in total. The van der Waals surface area contributed by atoms with Crippen molar-refractivity contribution in [3.63, 3.8) is 0 Å². The number of hydrogen-bond donors (Lipinski definition) is 3. The van der Waals surface area contributed by atoms with Gasteiger partial charge in [-0.2, -0.15) is 26.3 Å². The van der Waals surface area contributed by atoms with Crippen molar-refractivity contribution in [2.45, 2.75) is 31.2 Å². The van der Waals surface area contributed by atoms with Gasteiger partial charge in [0, 0.05) is 11.3 Å². The minimum atomic E-state index is -4.88. The number of nitrogens with zero attached hydrogens (tertiary/aromatic N) is 1. The number of aromatic amines is 1. The molecule has 2 heterocycles. The fraction of sp³-hybridized carbons (Fsp3) is 0.500. The van der Waals surface area contributed by atoms with Crippen molar-refractivity contribution in [2.75, 3.05) is 18.4 Å². The highest BCUT2D eigenvalue weighted by molar-refractivity contribution is 5.65. The van der Waals surface area contributed by atoms with Crippen molar-refractivity contribution < 1.29 is 30.8 Å². The van der Waals surface area contributed by atoms with E-state index in [1.165, 1.54) is 0 Å². The zero-order valence-electron chi connectivity index (χ0n) is 14.2. The molecule has 1 aromatic heterocycles. The van der Waals surface area contributed by atoms with Gasteiger partial charge in [0.15, 0.2) is 0 Å². The zero-order chi connectivity index (χ0) is 20.5. The van der Waals surface area contributed by atoms with Crippen LogP contribution in [0.15, 0.2) is 27.4 Å². The van der Waals surface area contributed by atoms with Gasteiger partial charge in [0.2, 0.25) is 5.89 Å². The fourth-order valence-electron chi connectivity index (χ4n) is 3.21. The Morgan fingerprint density at radius 3 is 2.36 bits per heavy atom. The number of H-pyrrole nitrogens is 1. The number of halogens is 6. The van der Waals surface area contributed by atoms with Crippen LogP contribution in [0.2, 0.25) is 0 Å². The Morgan fingerprint density at radius 2 is 1.82 bits per heavy atom. The fourth-order valence-corrected chi connectivity index (χ4v) is 3.21. The van der Waals surface area contributed by atoms with Gasteiger partial charge in [-0.05, 0) is 50.0 Å². The molecule has 3 rings (SSSR count). The normalized spacial score (nSPS) is 17.5. The first-order valence-electron chi connectivity index (χ1n) is 8.37. The summed E-state index contributed by atoms with van der Waals surface area (Å²) in [5, 5.41) is 10.4. The third-order valence-corrected chi connectivity index (χ3v) is 4.53. The van der Waals surface area contributed by atoms with Crippen molar-refractivity contribution in [2.24, 2.45) is 5.92 Å². The van der Waals surface area contributed by atoms with Crippen LogP contribution in [-0.2, 0) is 6.18 Å². The van der Waals surface area contributed by atoms with Gasteiger partial charge in [-0.15, -0.1) is 5.10 Å². The lowest BCUT2D eigenvalue weighted by atomic mass is 9.89. The van der Waals surface area contributed by atoms with E-state index in [1.807, 2.05) is 5.10 Å². The second-order valence-electron chi connectivity index (χ2n) is 6.43. The third kappa shape index (κ3) is 4.49. The number of aromatic nitrogens is 2. The summed E-state index contributed by atoms with van der Waals surface area (Å²) in [4.78, 5) is 11.1. The molecule has 0 aliphatic carbocycles. The van der Waals surface area contributed by atoms with Crippen LogP contribution in [0.25, 0.3) is 11.5 Å². The number of nitrogens with one attached hydrogen (secondary N) is 3. The van der Waals surface area contributed by atoms with Crippen molar-refractivity contribution in [1.29, 1.82) is 0 Å². The molecular formula is C16H16F6N4O2. The molecule has 0 unspecified atom stereocenters. The van der Waals surface area contributed by atoms with Crippen LogP contribution in [-0.4, -0.2) is 35.5 Å². The van der Waals surface area contributed by atoms with Gasteiger partial charge in [0.05, 0.1) is 5.56 Å². The number of hydrogen-bond acceptors (Lipinski definition) is 5. The van der Waals surface area contributed by atoms with Crippen LogP contribution < -0.4 is 16.4 Å². The number of rotatable bonds is 4. The topological polar surface area (TPSA) is 83.0 Å². The molecule has 0 bridgehead atoms. The molecule has 1 aliphatic rings. The Kier molecular flexibility index (Phi) is 5.41. The molecule has 28 heavy (non-hydrogen) atoms. The molecule has 1 fully saturated rings. The van der Waals surface area contributed by atoms with Crippen LogP contribution >= 0.6 is 0 Å². The lowest BCUT2D eigenvalue weighted by Crippen LogP contribution is -2.46. The van der Waals surface area contributed by atoms with Crippen LogP contribution in [0, 0.1) is 5.92 Å². The molecule has 1 atom stereocenters. The van der Waals surface area contributed by atoms with Gasteiger partial charge in [-0.1, -0.05) is 0 Å². The molecular weight excluding hydrogens is 394 g/mol. The quantitative estimate of drug-likeness (QED) is 0.674. The summed E-state index contributed by atoms with van der Waals surface area (Å²) >= 11 is 0. The Bertz CT molecular complexity index is 867. The zero-order valence-corrected chi connectivity index (χ0v) is 14.2. The molecule has 12 heteroatoms. The summed E-state index contributed by atoms with van der Waals surface area (Å²) in [5.41, 5.74) is -2.08. The first-order chi connectivity index (χ1) is 13.1. The van der Waals surface area contributed by atoms with Crippen molar-refractivity contribution in [3.8, 4) is 11.5 Å². The Morgan fingerprint density at radius 1 is 1.14 bits per heavy atom. The maximum atomic E-state index is 13.6. The molecule has 154 valence electrons. The lowest BCUT2D eigenvalue weighted by molar-refractivity contribution is -0.156. The van der Waals surface area contributed by atoms with Crippen molar-refractivity contribution in [1.82, 2.24) is 15.5 Å². The van der Waals surface area contributed by atoms with Gasteiger partial charge in [0.1, 0.15) is 6.04 Å². The smallest absolute Gasteiger partial charge is 0.388 e. The maximum absolute atomic E-state index is 13.6. The summed E-state index contributed by atoms with van der Waals surface area (Å²) in [6.07, 6.45) is -9.28. The SMILES string of the molecule is O=c1[nH]nc(-c2ccc(C(F)(F)F)c(N[C@@H](C3CCNCC3)C(F)(F)F)c2)o1. The highest BCUT2D eigenvalue weighted by Crippen LogP contribution is 2.40. The molecule has 3 N–H and O–H groups in total. The second-order valence-corrected chi connectivity index (χ2v) is 6.43. The first kappa shape index (κ1) is 20.2. The highest BCUT2D eigenvalue weighted by atomic mass is 19.4. The third-order valence-electron chi connectivity index (χ3n) is 4.53. The van der Waals surface area contributed by atoms with E-state index in [9.17, 15) is 31.1 Å². The molecule has 0 amide bonds. The molecule has 2 aromatic rings. The number of alkyl halides is 6. The molecule has 1 saturated heterocycles. The van der Waals surface area contributed by atoms with Crippen LogP contribution in [0.1, 0.15) is 18.4 Å².